The molecule has 0 unspecified atom stereocenters. The smallest absolute Gasteiger partial charge is 0.281 e. The number of hydrogen-bond donors (Lipinski definition) is 1. The molecule has 0 atom stereocenters. The van der Waals surface area contributed by atoms with Crippen LogP contribution in [-0.4, -0.2) is 13.4 Å². The van der Waals surface area contributed by atoms with E-state index >= 15 is 0 Å². The third-order valence-electron chi connectivity index (χ3n) is 1.45. The van der Waals surface area contributed by atoms with Crippen LogP contribution in [0.3, 0.4) is 0 Å². The zero-order valence-electron chi connectivity index (χ0n) is 6.80. The molecular weight excluding hydrogens is 259 g/mol. The minimum absolute atomic E-state index is 0.295. The van der Waals surface area contributed by atoms with Crippen molar-refractivity contribution in [2.45, 2.75) is 11.5 Å². The maximum absolute atomic E-state index is 12.8. The molecule has 84 valence electrons. The number of nitrogens with one attached hydrogen (secondary N) is 1. The molecule has 0 aliphatic heterocycles. The van der Waals surface area contributed by atoms with E-state index in [2.05, 4.69) is 0 Å². The maximum Gasteiger partial charge on any atom is 0.281 e. The molecule has 9 heteroatoms. The van der Waals surface area contributed by atoms with E-state index < -0.39 is 37.4 Å². The molecule has 1 rings (SSSR count). The molecule has 0 aromatic carbocycles. The maximum atomic E-state index is 12.8. The van der Waals surface area contributed by atoms with Crippen molar-refractivity contribution in [1.29, 1.82) is 0 Å². The predicted octanol–water partition coefficient (Wildman–Crippen LogP) is 1.38. The molecule has 1 N–H and O–H groups in total. The Balaban J connectivity index is 3.58. The molecule has 0 fully saturated rings. The summed E-state index contributed by atoms with van der Waals surface area (Å²) in [6.07, 6.45) is -3.34. The number of alkyl halides is 2. The van der Waals surface area contributed by atoms with E-state index in [9.17, 15) is 26.4 Å². The third kappa shape index (κ3) is 2.51. The first-order valence-corrected chi connectivity index (χ1v) is 5.70. The van der Waals surface area contributed by atoms with Gasteiger partial charge in [-0.1, -0.05) is 0 Å². The fourth-order valence-electron chi connectivity index (χ4n) is 0.821. The SMILES string of the molecule is O=c1cc(S(=O)(=O)Cl)[nH]c(C(F)F)c1F. The quantitative estimate of drug-likeness (QED) is 0.818. The van der Waals surface area contributed by atoms with E-state index in [0.717, 1.165) is 0 Å². The highest BCUT2D eigenvalue weighted by atomic mass is 35.7. The lowest BCUT2D eigenvalue weighted by atomic mass is 10.3. The summed E-state index contributed by atoms with van der Waals surface area (Å²) in [7, 11) is 0.413. The Bertz CT molecular complexity index is 539. The van der Waals surface area contributed by atoms with Gasteiger partial charge in [-0.15, -0.1) is 0 Å². The molecule has 0 amide bonds. The summed E-state index contributed by atoms with van der Waals surface area (Å²) >= 11 is 0. The van der Waals surface area contributed by atoms with Gasteiger partial charge in [0, 0.05) is 16.7 Å². The zero-order valence-corrected chi connectivity index (χ0v) is 8.37. The first kappa shape index (κ1) is 12.1. The van der Waals surface area contributed by atoms with Gasteiger partial charge in [0.1, 0.15) is 5.69 Å². The summed E-state index contributed by atoms with van der Waals surface area (Å²) in [5.74, 6) is -1.73. The van der Waals surface area contributed by atoms with Crippen molar-refractivity contribution >= 4 is 19.7 Å². The van der Waals surface area contributed by atoms with Crippen molar-refractivity contribution in [1.82, 2.24) is 4.98 Å². The van der Waals surface area contributed by atoms with Gasteiger partial charge >= 0.3 is 0 Å². The van der Waals surface area contributed by atoms with E-state index in [-0.39, 0.29) is 0 Å². The van der Waals surface area contributed by atoms with Gasteiger partial charge in [-0.2, -0.15) is 0 Å². The Hall–Kier alpha value is -1.02. The topological polar surface area (TPSA) is 67.0 Å². The number of aromatic amines is 1. The van der Waals surface area contributed by atoms with E-state index in [4.69, 9.17) is 10.7 Å². The first-order chi connectivity index (χ1) is 6.73. The summed E-state index contributed by atoms with van der Waals surface area (Å²) in [6.45, 7) is 0. The molecule has 0 saturated carbocycles. The number of halogens is 4. The minimum atomic E-state index is -4.38. The molecule has 0 saturated heterocycles. The van der Waals surface area contributed by atoms with E-state index in [1.807, 2.05) is 0 Å². The van der Waals surface area contributed by atoms with Crippen LogP contribution in [0.5, 0.6) is 0 Å². The molecule has 1 aromatic rings. The van der Waals surface area contributed by atoms with Gasteiger partial charge in [0.05, 0.1) is 0 Å². The van der Waals surface area contributed by atoms with Crippen LogP contribution in [0.4, 0.5) is 13.2 Å². The van der Waals surface area contributed by atoms with Gasteiger partial charge in [0.25, 0.3) is 15.5 Å². The van der Waals surface area contributed by atoms with Crippen LogP contribution in [0, 0.1) is 5.82 Å². The summed E-state index contributed by atoms with van der Waals surface area (Å²) in [5, 5.41) is -0.967. The number of H-pyrrole nitrogens is 1. The van der Waals surface area contributed by atoms with Crippen LogP contribution in [0.1, 0.15) is 12.1 Å². The number of rotatable bonds is 2. The van der Waals surface area contributed by atoms with Gasteiger partial charge in [-0.25, -0.2) is 21.6 Å². The van der Waals surface area contributed by atoms with Crippen LogP contribution in [0.25, 0.3) is 0 Å². The number of aromatic nitrogens is 1. The van der Waals surface area contributed by atoms with Crippen molar-refractivity contribution in [2.24, 2.45) is 0 Å². The van der Waals surface area contributed by atoms with Crippen LogP contribution in [0.15, 0.2) is 15.9 Å². The average molecular weight is 262 g/mol. The fourth-order valence-corrected chi connectivity index (χ4v) is 1.55. The lowest BCUT2D eigenvalue weighted by Crippen LogP contribution is -2.15. The highest BCUT2D eigenvalue weighted by Gasteiger charge is 2.21. The van der Waals surface area contributed by atoms with E-state index in [1.54, 1.807) is 4.98 Å². The Kier molecular flexibility index (Phi) is 3.10. The second-order valence-electron chi connectivity index (χ2n) is 2.46. The van der Waals surface area contributed by atoms with Gasteiger partial charge in [-0.05, 0) is 0 Å². The molecule has 0 spiro atoms. The summed E-state index contributed by atoms with van der Waals surface area (Å²) in [6, 6.07) is 0.295. The van der Waals surface area contributed by atoms with Crippen molar-refractivity contribution in [3.8, 4) is 0 Å². The average Bonchev–Trinajstić information content (AvgIpc) is 2.06. The Morgan fingerprint density at radius 1 is 1.40 bits per heavy atom. The van der Waals surface area contributed by atoms with Crippen molar-refractivity contribution in [2.75, 3.05) is 0 Å². The second kappa shape index (κ2) is 3.86. The van der Waals surface area contributed by atoms with Gasteiger partial charge in [0.15, 0.2) is 10.8 Å². The highest BCUT2D eigenvalue weighted by molar-refractivity contribution is 8.13. The standard InChI is InChI=1S/C6H3ClF3NO3S/c7-15(13,14)3-1-2(12)4(8)5(11-3)6(9)10/h1,6H,(H,11,12). The summed E-state index contributed by atoms with van der Waals surface area (Å²) < 4.78 is 58.4. The summed E-state index contributed by atoms with van der Waals surface area (Å²) in [5.41, 5.74) is -2.87. The van der Waals surface area contributed by atoms with Gasteiger partial charge in [0.2, 0.25) is 5.43 Å². The second-order valence-corrected chi connectivity index (χ2v) is 5.00. The Morgan fingerprint density at radius 3 is 2.33 bits per heavy atom. The fraction of sp³-hybridized carbons (Fsp3) is 0.167. The minimum Gasteiger partial charge on any atom is -0.341 e. The number of hydrogen-bond acceptors (Lipinski definition) is 3. The lowest BCUT2D eigenvalue weighted by molar-refractivity contribution is 0.139. The third-order valence-corrected chi connectivity index (χ3v) is 2.70. The monoisotopic (exact) mass is 261 g/mol. The molecule has 0 bridgehead atoms. The van der Waals surface area contributed by atoms with E-state index in [1.165, 1.54) is 0 Å². The van der Waals surface area contributed by atoms with Crippen LogP contribution in [0.2, 0.25) is 0 Å². The van der Waals surface area contributed by atoms with Crippen molar-refractivity contribution < 1.29 is 21.6 Å². The molecule has 0 radical (unpaired) electrons. The van der Waals surface area contributed by atoms with Crippen molar-refractivity contribution in [3.63, 3.8) is 0 Å². The van der Waals surface area contributed by atoms with Crippen LogP contribution in [-0.2, 0) is 9.05 Å². The molecule has 15 heavy (non-hydrogen) atoms. The van der Waals surface area contributed by atoms with Crippen LogP contribution >= 0.6 is 10.7 Å². The zero-order chi connectivity index (χ0) is 11.8. The Labute approximate surface area is 86.1 Å². The normalized spacial score (nSPS) is 12.1. The highest BCUT2D eigenvalue weighted by Crippen LogP contribution is 2.20. The molecule has 0 aliphatic carbocycles. The van der Waals surface area contributed by atoms with E-state index in [0.29, 0.717) is 6.07 Å². The molecule has 4 nitrogen and oxygen atoms in total. The first-order valence-electron chi connectivity index (χ1n) is 3.39. The molecular formula is C6H3ClF3NO3S. The van der Waals surface area contributed by atoms with Gasteiger partial charge < -0.3 is 4.98 Å². The molecule has 0 aliphatic rings. The summed E-state index contributed by atoms with van der Waals surface area (Å²) in [4.78, 5) is 12.3. The van der Waals surface area contributed by atoms with Gasteiger partial charge in [-0.3, -0.25) is 4.79 Å². The van der Waals surface area contributed by atoms with Crippen LogP contribution < -0.4 is 5.43 Å². The van der Waals surface area contributed by atoms with Crippen molar-refractivity contribution in [3.05, 3.63) is 27.8 Å². The molecule has 1 heterocycles. The Morgan fingerprint density at radius 2 is 1.93 bits per heavy atom. The predicted molar refractivity (Wildman–Crippen MR) is 45.0 cm³/mol. The largest absolute Gasteiger partial charge is 0.341 e. The molecule has 1 aromatic heterocycles. The lowest BCUT2D eigenvalue weighted by Gasteiger charge is -2.03. The number of pyridine rings is 1.